The number of hydrogen-bond acceptors (Lipinski definition) is 4. The second-order valence-electron chi connectivity index (χ2n) is 1.16. The minimum Gasteiger partial charge on any atom is -0.305 e. The van der Waals surface area contributed by atoms with Gasteiger partial charge in [-0.25, -0.2) is 4.99 Å². The Bertz CT molecular complexity index is 129. The summed E-state index contributed by atoms with van der Waals surface area (Å²) in [5.41, 5.74) is 5.55. The van der Waals surface area contributed by atoms with E-state index in [-0.39, 0.29) is 0 Å². The van der Waals surface area contributed by atoms with E-state index in [1.807, 2.05) is 0 Å². The molecule has 0 amide bonds. The van der Waals surface area contributed by atoms with E-state index in [2.05, 4.69) is 22.1 Å². The average molecular weight is 128 g/mol. The van der Waals surface area contributed by atoms with Crippen molar-refractivity contribution in [2.75, 3.05) is 0 Å². The highest BCUT2D eigenvalue weighted by molar-refractivity contribution is 8.14. The molecule has 1 aliphatic heterocycles. The number of aliphatic imine (C=N–C) groups is 1. The van der Waals surface area contributed by atoms with Crippen LogP contribution in [-0.2, 0) is 0 Å². The van der Waals surface area contributed by atoms with Crippen LogP contribution in [0, 0.1) is 6.26 Å². The second-order valence-corrected chi connectivity index (χ2v) is 1.84. The Kier molecular flexibility index (Phi) is 1.80. The smallest absolute Gasteiger partial charge is 0.180 e. The quantitative estimate of drug-likeness (QED) is 0.497. The maximum Gasteiger partial charge on any atom is 0.180 e. The summed E-state index contributed by atoms with van der Waals surface area (Å²) in [7, 11) is 0. The summed E-state index contributed by atoms with van der Waals surface area (Å²) >= 11 is 1.32. The van der Waals surface area contributed by atoms with E-state index >= 15 is 0 Å². The Balaban J connectivity index is 2.50. The third-order valence-electron chi connectivity index (χ3n) is 0.665. The van der Waals surface area contributed by atoms with Gasteiger partial charge >= 0.3 is 0 Å². The van der Waals surface area contributed by atoms with Gasteiger partial charge in [0.1, 0.15) is 0 Å². The molecule has 0 spiro atoms. The molecule has 0 saturated carbocycles. The van der Waals surface area contributed by atoms with Crippen LogP contribution in [0.3, 0.4) is 0 Å². The average Bonchev–Trinajstić information content (AvgIpc) is 1.90. The Morgan fingerprint density at radius 1 is 1.75 bits per heavy atom. The number of hydrogen-bond donors (Lipinski definition) is 2. The summed E-state index contributed by atoms with van der Waals surface area (Å²) < 4.78 is 0. The van der Waals surface area contributed by atoms with E-state index in [0.717, 1.165) is 5.17 Å². The largest absolute Gasteiger partial charge is 0.305 e. The van der Waals surface area contributed by atoms with Crippen LogP contribution in [0.25, 0.3) is 0 Å². The van der Waals surface area contributed by atoms with E-state index < -0.39 is 0 Å². The van der Waals surface area contributed by atoms with Crippen molar-refractivity contribution in [3.8, 4) is 0 Å². The second kappa shape index (κ2) is 2.61. The maximum atomic E-state index is 3.91. The molecule has 0 atom stereocenters. The van der Waals surface area contributed by atoms with E-state index in [4.69, 9.17) is 0 Å². The number of hydrazine groups is 1. The van der Waals surface area contributed by atoms with Gasteiger partial charge in [0.05, 0.1) is 0 Å². The molecule has 0 aromatic heterocycles. The number of rotatable bonds is 0. The van der Waals surface area contributed by atoms with E-state index in [9.17, 15) is 0 Å². The SMILES string of the molecule is [CH2]SC1=NC=CNN1. The normalized spacial score (nSPS) is 16.4. The van der Waals surface area contributed by atoms with Gasteiger partial charge in [-0.15, -0.1) is 0 Å². The molecule has 3 nitrogen and oxygen atoms in total. The Hall–Kier alpha value is -0.640. The van der Waals surface area contributed by atoms with E-state index in [1.165, 1.54) is 11.8 Å². The molecule has 0 bridgehead atoms. The molecule has 2 N–H and O–H groups in total. The topological polar surface area (TPSA) is 36.4 Å². The van der Waals surface area contributed by atoms with Crippen LogP contribution in [0.1, 0.15) is 0 Å². The Morgan fingerprint density at radius 3 is 3.00 bits per heavy atom. The lowest BCUT2D eigenvalue weighted by atomic mass is 10.9. The predicted molar refractivity (Wildman–Crippen MR) is 35.8 cm³/mol. The van der Waals surface area contributed by atoms with Crippen LogP contribution in [0.15, 0.2) is 17.4 Å². The highest BCUT2D eigenvalue weighted by Crippen LogP contribution is 1.97. The van der Waals surface area contributed by atoms with Crippen LogP contribution in [0.2, 0.25) is 0 Å². The molecule has 1 radical (unpaired) electrons. The van der Waals surface area contributed by atoms with Gasteiger partial charge < -0.3 is 5.43 Å². The number of nitrogens with one attached hydrogen (secondary N) is 2. The summed E-state index contributed by atoms with van der Waals surface area (Å²) in [5.74, 6) is 0. The van der Waals surface area contributed by atoms with Gasteiger partial charge in [0.15, 0.2) is 5.17 Å². The predicted octanol–water partition coefficient (Wildman–Crippen LogP) is 0.446. The first-order valence-electron chi connectivity index (χ1n) is 2.10. The van der Waals surface area contributed by atoms with Gasteiger partial charge in [0, 0.05) is 18.7 Å². The lowest BCUT2D eigenvalue weighted by molar-refractivity contribution is 0.813. The van der Waals surface area contributed by atoms with Crippen LogP contribution in [-0.4, -0.2) is 5.17 Å². The van der Waals surface area contributed by atoms with Crippen molar-refractivity contribution < 1.29 is 0 Å². The first kappa shape index (κ1) is 5.50. The molecule has 0 fully saturated rings. The molecule has 1 aliphatic rings. The van der Waals surface area contributed by atoms with Crippen molar-refractivity contribution in [3.63, 3.8) is 0 Å². The fraction of sp³-hybridized carbons (Fsp3) is 0. The molecule has 0 aliphatic carbocycles. The first-order chi connectivity index (χ1) is 3.93. The van der Waals surface area contributed by atoms with E-state index in [1.54, 1.807) is 12.4 Å². The number of amidine groups is 1. The molecule has 0 aromatic carbocycles. The summed E-state index contributed by atoms with van der Waals surface area (Å²) in [6, 6.07) is 0. The third kappa shape index (κ3) is 1.16. The van der Waals surface area contributed by atoms with Crippen molar-refractivity contribution in [2.45, 2.75) is 0 Å². The van der Waals surface area contributed by atoms with Gasteiger partial charge in [0.2, 0.25) is 0 Å². The molecule has 1 rings (SSSR count). The minimum atomic E-state index is 0.785. The van der Waals surface area contributed by atoms with Gasteiger partial charge in [-0.1, -0.05) is 11.8 Å². The molecule has 8 heavy (non-hydrogen) atoms. The lowest BCUT2D eigenvalue weighted by Crippen LogP contribution is -2.32. The van der Waals surface area contributed by atoms with Gasteiger partial charge in [-0.05, 0) is 0 Å². The monoisotopic (exact) mass is 128 g/mol. The van der Waals surface area contributed by atoms with Crippen LogP contribution < -0.4 is 10.9 Å². The molecule has 0 saturated heterocycles. The van der Waals surface area contributed by atoms with E-state index in [0.29, 0.717) is 0 Å². The third-order valence-corrected chi connectivity index (χ3v) is 1.15. The van der Waals surface area contributed by atoms with Crippen molar-refractivity contribution in [1.29, 1.82) is 0 Å². The zero-order valence-electron chi connectivity index (χ0n) is 4.22. The number of nitrogens with zero attached hydrogens (tertiary/aromatic N) is 1. The first-order valence-corrected chi connectivity index (χ1v) is 3.08. The lowest BCUT2D eigenvalue weighted by Gasteiger charge is -2.07. The summed E-state index contributed by atoms with van der Waals surface area (Å²) in [5, 5.41) is 0.785. The molecular weight excluding hydrogens is 122 g/mol. The Labute approximate surface area is 52.2 Å². The summed E-state index contributed by atoms with van der Waals surface area (Å²) in [6.07, 6.45) is 6.94. The van der Waals surface area contributed by atoms with Crippen molar-refractivity contribution >= 4 is 16.9 Å². The molecule has 1 heterocycles. The van der Waals surface area contributed by atoms with Gasteiger partial charge in [-0.2, -0.15) is 0 Å². The molecular formula is C4H6N3S. The van der Waals surface area contributed by atoms with Gasteiger partial charge in [-0.3, -0.25) is 5.43 Å². The summed E-state index contributed by atoms with van der Waals surface area (Å²) in [4.78, 5) is 3.91. The maximum absolute atomic E-state index is 3.91. The van der Waals surface area contributed by atoms with Crippen LogP contribution in [0.5, 0.6) is 0 Å². The van der Waals surface area contributed by atoms with Gasteiger partial charge in [0.25, 0.3) is 0 Å². The molecule has 0 unspecified atom stereocenters. The zero-order chi connectivity index (χ0) is 5.82. The minimum absolute atomic E-state index is 0.785. The number of thioether (sulfide) groups is 1. The molecule has 4 heteroatoms. The Morgan fingerprint density at radius 2 is 2.62 bits per heavy atom. The molecule has 43 valence electrons. The van der Waals surface area contributed by atoms with Crippen molar-refractivity contribution in [3.05, 3.63) is 18.7 Å². The highest BCUT2D eigenvalue weighted by Gasteiger charge is 1.92. The highest BCUT2D eigenvalue weighted by atomic mass is 32.2. The fourth-order valence-corrected chi connectivity index (χ4v) is 0.618. The van der Waals surface area contributed by atoms with Crippen LogP contribution >= 0.6 is 11.8 Å². The standard InChI is InChI=1S/C4H6N3S/c1-8-4-5-2-3-6-7-4/h2-3,6H,1H2,(H,5,7). The zero-order valence-corrected chi connectivity index (χ0v) is 5.03. The fourth-order valence-electron chi connectivity index (χ4n) is 0.351. The van der Waals surface area contributed by atoms with Crippen molar-refractivity contribution in [2.24, 2.45) is 4.99 Å². The summed E-state index contributed by atoms with van der Waals surface area (Å²) in [6.45, 7) is 0. The van der Waals surface area contributed by atoms with Crippen LogP contribution in [0.4, 0.5) is 0 Å². The van der Waals surface area contributed by atoms with Crippen molar-refractivity contribution in [1.82, 2.24) is 10.9 Å². The molecule has 0 aromatic rings.